The predicted molar refractivity (Wildman–Crippen MR) is 150 cm³/mol. The SMILES string of the molecule is C[C@H]1c2nc(OCc3ccc(OC(F)F)cc3F)c(C(F)(F)F)cc2CCN1Cc1nc2ccc(C(=O)O)cc2n1C[C@@H]1CCO1. The number of hydrogen-bond donors (Lipinski definition) is 1. The minimum Gasteiger partial charge on any atom is -0.478 e. The van der Waals surface area contributed by atoms with Gasteiger partial charge in [-0.3, -0.25) is 4.90 Å². The van der Waals surface area contributed by atoms with Crippen molar-refractivity contribution in [2.75, 3.05) is 13.2 Å². The van der Waals surface area contributed by atoms with Crippen LogP contribution in [0.5, 0.6) is 11.6 Å². The lowest BCUT2D eigenvalue weighted by atomic mass is 9.97. The van der Waals surface area contributed by atoms with E-state index >= 15 is 0 Å². The quantitative estimate of drug-likeness (QED) is 0.198. The molecule has 4 heterocycles. The molecular formula is C31H28F6N4O5. The molecule has 1 N–H and O–H groups in total. The molecule has 2 aliphatic rings. The van der Waals surface area contributed by atoms with Gasteiger partial charge in [-0.2, -0.15) is 22.0 Å². The van der Waals surface area contributed by atoms with Crippen molar-refractivity contribution >= 4 is 17.0 Å². The molecule has 0 bridgehead atoms. The number of ether oxygens (including phenoxy) is 3. The highest BCUT2D eigenvalue weighted by Crippen LogP contribution is 2.40. The van der Waals surface area contributed by atoms with Gasteiger partial charge in [-0.05, 0) is 61.7 Å². The monoisotopic (exact) mass is 650 g/mol. The second kappa shape index (κ2) is 12.4. The summed E-state index contributed by atoms with van der Waals surface area (Å²) in [6.07, 6.45) is -3.76. The van der Waals surface area contributed by atoms with Crippen LogP contribution in [0.25, 0.3) is 11.0 Å². The third kappa shape index (κ3) is 6.47. The molecule has 2 atom stereocenters. The molecule has 15 heteroatoms. The van der Waals surface area contributed by atoms with Crippen molar-refractivity contribution in [3.63, 3.8) is 0 Å². The van der Waals surface area contributed by atoms with E-state index in [-0.39, 0.29) is 23.7 Å². The van der Waals surface area contributed by atoms with Gasteiger partial charge in [0.1, 0.15) is 29.6 Å². The largest absolute Gasteiger partial charge is 0.478 e. The number of hydrogen-bond acceptors (Lipinski definition) is 7. The molecule has 0 radical (unpaired) electrons. The van der Waals surface area contributed by atoms with Crippen molar-refractivity contribution in [3.8, 4) is 11.6 Å². The predicted octanol–water partition coefficient (Wildman–Crippen LogP) is 6.38. The summed E-state index contributed by atoms with van der Waals surface area (Å²) in [5, 5.41) is 9.52. The fourth-order valence-corrected chi connectivity index (χ4v) is 5.68. The minimum absolute atomic E-state index is 0.0517. The molecule has 9 nitrogen and oxygen atoms in total. The van der Waals surface area contributed by atoms with E-state index in [1.165, 1.54) is 6.07 Å². The van der Waals surface area contributed by atoms with E-state index in [9.17, 15) is 36.2 Å². The molecule has 2 aliphatic heterocycles. The molecular weight excluding hydrogens is 622 g/mol. The molecule has 244 valence electrons. The molecule has 0 spiro atoms. The Morgan fingerprint density at radius 3 is 2.59 bits per heavy atom. The van der Waals surface area contributed by atoms with Gasteiger partial charge in [0, 0.05) is 24.8 Å². The van der Waals surface area contributed by atoms with Crippen LogP contribution in [0.1, 0.15) is 58.0 Å². The summed E-state index contributed by atoms with van der Waals surface area (Å²) in [5.74, 6) is -2.59. The molecule has 1 saturated heterocycles. The Kier molecular flexibility index (Phi) is 8.55. The first-order valence-electron chi connectivity index (χ1n) is 14.4. The number of aromatic nitrogens is 3. The Morgan fingerprint density at radius 1 is 1.15 bits per heavy atom. The first-order chi connectivity index (χ1) is 21.9. The standard InChI is InChI=1S/C31H28F6N4O5/c1-16-27-17(10-22(31(35,36)37)28(39-27)45-15-19-2-4-20(12-23(19)32)46-30(33)34)6-8-40(16)14-26-38-24-5-3-18(29(42)43)11-25(24)41(26)13-21-7-9-44-21/h2-5,10-12,16,21,30H,6-9,13-15H2,1H3,(H,42,43)/t16-,21-/m0/s1. The smallest absolute Gasteiger partial charge is 0.421 e. The molecule has 0 saturated carbocycles. The fourth-order valence-electron chi connectivity index (χ4n) is 5.68. The topological polar surface area (TPSA) is 98.9 Å². The Balaban J connectivity index is 1.28. The number of halogens is 6. The zero-order valence-electron chi connectivity index (χ0n) is 24.4. The first kappa shape index (κ1) is 31.6. The molecule has 6 rings (SSSR count). The summed E-state index contributed by atoms with van der Waals surface area (Å²) in [5.41, 5.74) is 0.823. The van der Waals surface area contributed by atoms with Crippen LogP contribution in [-0.4, -0.2) is 56.4 Å². The molecule has 2 aromatic carbocycles. The van der Waals surface area contributed by atoms with E-state index in [0.717, 1.165) is 24.6 Å². The fraction of sp³-hybridized carbons (Fsp3) is 0.387. The third-order valence-electron chi connectivity index (χ3n) is 8.23. The highest BCUT2D eigenvalue weighted by atomic mass is 19.4. The van der Waals surface area contributed by atoms with Gasteiger partial charge in [0.05, 0.1) is 47.5 Å². The number of nitrogens with zero attached hydrogens (tertiary/aromatic N) is 4. The number of carboxylic acids is 1. The third-order valence-corrected chi connectivity index (χ3v) is 8.23. The van der Waals surface area contributed by atoms with Crippen molar-refractivity contribution < 1.29 is 50.5 Å². The lowest BCUT2D eigenvalue weighted by Crippen LogP contribution is -2.36. The Labute approximate surface area is 258 Å². The van der Waals surface area contributed by atoms with E-state index in [2.05, 4.69) is 9.72 Å². The van der Waals surface area contributed by atoms with E-state index in [1.54, 1.807) is 19.1 Å². The van der Waals surface area contributed by atoms with E-state index < -0.39 is 54.4 Å². The van der Waals surface area contributed by atoms with Crippen LogP contribution in [0.3, 0.4) is 0 Å². The van der Waals surface area contributed by atoms with Crippen molar-refractivity contribution in [2.45, 2.75) is 64.4 Å². The number of aromatic carboxylic acids is 1. The number of imidazole rings is 1. The average Bonchev–Trinajstić information content (AvgIpc) is 3.30. The Bertz CT molecular complexity index is 1770. The van der Waals surface area contributed by atoms with E-state index in [0.29, 0.717) is 60.4 Å². The van der Waals surface area contributed by atoms with Crippen molar-refractivity contribution in [2.24, 2.45) is 0 Å². The van der Waals surface area contributed by atoms with Crippen molar-refractivity contribution in [3.05, 3.63) is 82.1 Å². The van der Waals surface area contributed by atoms with Crippen molar-refractivity contribution in [1.82, 2.24) is 19.4 Å². The number of fused-ring (bicyclic) bond motifs is 2. The van der Waals surface area contributed by atoms with E-state index in [4.69, 9.17) is 14.5 Å². The Morgan fingerprint density at radius 2 is 1.93 bits per heavy atom. The van der Waals surface area contributed by atoms with Gasteiger partial charge >= 0.3 is 18.8 Å². The van der Waals surface area contributed by atoms with Crippen LogP contribution >= 0.6 is 0 Å². The highest BCUT2D eigenvalue weighted by Gasteiger charge is 2.38. The summed E-state index contributed by atoms with van der Waals surface area (Å²) in [6, 6.07) is 8.05. The van der Waals surface area contributed by atoms with Crippen LogP contribution in [0.15, 0.2) is 42.5 Å². The van der Waals surface area contributed by atoms with Gasteiger partial charge in [0.25, 0.3) is 0 Å². The van der Waals surface area contributed by atoms with Gasteiger partial charge in [-0.1, -0.05) is 0 Å². The van der Waals surface area contributed by atoms with Crippen LogP contribution in [0, 0.1) is 5.82 Å². The average molecular weight is 651 g/mol. The lowest BCUT2D eigenvalue weighted by molar-refractivity contribution is -0.139. The molecule has 0 unspecified atom stereocenters. The normalized spacial score (nSPS) is 18.4. The summed E-state index contributed by atoms with van der Waals surface area (Å²) < 4.78 is 98.8. The van der Waals surface area contributed by atoms with Crippen LogP contribution < -0.4 is 9.47 Å². The van der Waals surface area contributed by atoms with Gasteiger partial charge in [0.2, 0.25) is 5.88 Å². The molecule has 2 aromatic heterocycles. The first-order valence-corrected chi connectivity index (χ1v) is 14.4. The van der Waals surface area contributed by atoms with Gasteiger partial charge in [0.15, 0.2) is 0 Å². The molecule has 1 fully saturated rings. The number of carboxylic acid groups (broad SMARTS) is 1. The number of pyridine rings is 1. The molecule has 46 heavy (non-hydrogen) atoms. The zero-order valence-corrected chi connectivity index (χ0v) is 24.4. The minimum atomic E-state index is -4.81. The molecule has 0 amide bonds. The number of benzene rings is 2. The van der Waals surface area contributed by atoms with Gasteiger partial charge < -0.3 is 23.9 Å². The summed E-state index contributed by atoms with van der Waals surface area (Å²) in [4.78, 5) is 22.7. The van der Waals surface area contributed by atoms with Gasteiger partial charge in [-0.15, -0.1) is 0 Å². The lowest BCUT2D eigenvalue weighted by Gasteiger charge is -2.35. The highest BCUT2D eigenvalue weighted by molar-refractivity contribution is 5.92. The summed E-state index contributed by atoms with van der Waals surface area (Å²) >= 11 is 0. The summed E-state index contributed by atoms with van der Waals surface area (Å²) in [6.45, 7) is -0.222. The summed E-state index contributed by atoms with van der Waals surface area (Å²) in [7, 11) is 0. The maximum absolute atomic E-state index is 14.5. The maximum Gasteiger partial charge on any atom is 0.421 e. The molecule has 4 aromatic rings. The number of carbonyl (C=O) groups is 1. The van der Waals surface area contributed by atoms with Crippen LogP contribution in [0.4, 0.5) is 26.3 Å². The maximum atomic E-state index is 14.5. The second-order valence-corrected chi connectivity index (χ2v) is 11.1. The van der Waals surface area contributed by atoms with Gasteiger partial charge in [-0.25, -0.2) is 19.2 Å². The zero-order chi connectivity index (χ0) is 32.7. The van der Waals surface area contributed by atoms with Crippen LogP contribution in [-0.2, 0) is 37.0 Å². The van der Waals surface area contributed by atoms with E-state index in [1.807, 2.05) is 9.47 Å². The number of rotatable bonds is 10. The second-order valence-electron chi connectivity index (χ2n) is 11.1. The number of alkyl halides is 5. The van der Waals surface area contributed by atoms with Crippen molar-refractivity contribution in [1.29, 1.82) is 0 Å². The molecule has 0 aliphatic carbocycles. The Hall–Kier alpha value is -4.37. The van der Waals surface area contributed by atoms with Crippen LogP contribution in [0.2, 0.25) is 0 Å².